The fourth-order valence-electron chi connectivity index (χ4n) is 2.47. The van der Waals surface area contributed by atoms with Gasteiger partial charge in [0.05, 0.1) is 10.9 Å². The van der Waals surface area contributed by atoms with Gasteiger partial charge in [0.2, 0.25) is 11.1 Å². The maximum absolute atomic E-state index is 12.5. The third kappa shape index (κ3) is 4.23. The normalized spacial score (nSPS) is 12.0. The largest absolute Gasteiger partial charge is 0.325 e. The summed E-state index contributed by atoms with van der Waals surface area (Å²) < 4.78 is 1.66. The van der Waals surface area contributed by atoms with Crippen LogP contribution in [-0.4, -0.2) is 31.4 Å². The Morgan fingerprint density at radius 3 is 2.77 bits per heavy atom. The minimum atomic E-state index is -0.385. The molecule has 0 unspecified atom stereocenters. The highest BCUT2D eigenvalue weighted by Crippen LogP contribution is 2.26. The second kappa shape index (κ2) is 7.88. The molecule has 0 aliphatic rings. The number of carbonyl (C=O) groups is 1. The molecule has 0 radical (unpaired) electrons. The second-order valence-corrected chi connectivity index (χ2v) is 7.67. The van der Waals surface area contributed by atoms with E-state index in [4.69, 9.17) is 11.6 Å². The first-order valence-electron chi connectivity index (χ1n) is 8.03. The van der Waals surface area contributed by atoms with E-state index in [9.17, 15) is 4.79 Å². The maximum Gasteiger partial charge on any atom is 0.237 e. The minimum Gasteiger partial charge on any atom is -0.325 e. The number of nitrogens with one attached hydrogen (secondary N) is 1. The SMILES string of the molecule is Cc1ccc(-n2nnnc2S[C@H](C)C(=O)Nc2cccc(Cl)c2)c(C)c1. The van der Waals surface area contributed by atoms with Gasteiger partial charge >= 0.3 is 0 Å². The molecule has 0 fully saturated rings. The average molecular weight is 388 g/mol. The molecular weight excluding hydrogens is 370 g/mol. The Morgan fingerprint density at radius 1 is 1.23 bits per heavy atom. The molecule has 0 aliphatic heterocycles. The number of thioether (sulfide) groups is 1. The molecule has 3 aromatic rings. The van der Waals surface area contributed by atoms with Crippen LogP contribution in [0.2, 0.25) is 5.02 Å². The van der Waals surface area contributed by atoms with Crippen LogP contribution in [-0.2, 0) is 4.79 Å². The summed E-state index contributed by atoms with van der Waals surface area (Å²) in [5.74, 6) is -0.146. The molecule has 1 atom stereocenters. The number of aryl methyl sites for hydroxylation is 2. The van der Waals surface area contributed by atoms with Crippen LogP contribution in [0, 0.1) is 13.8 Å². The standard InChI is InChI=1S/C18H18ClN5OS/c1-11-7-8-16(12(2)9-11)24-18(21-22-23-24)26-13(3)17(25)20-15-6-4-5-14(19)10-15/h4-10,13H,1-3H3,(H,20,25)/t13-/m1/s1. The van der Waals surface area contributed by atoms with Crippen molar-refractivity contribution in [3.63, 3.8) is 0 Å². The number of rotatable bonds is 5. The smallest absolute Gasteiger partial charge is 0.237 e. The highest BCUT2D eigenvalue weighted by Gasteiger charge is 2.20. The molecule has 26 heavy (non-hydrogen) atoms. The Morgan fingerprint density at radius 2 is 2.04 bits per heavy atom. The molecule has 8 heteroatoms. The van der Waals surface area contributed by atoms with Crippen LogP contribution >= 0.6 is 23.4 Å². The molecule has 2 aromatic carbocycles. The second-order valence-electron chi connectivity index (χ2n) is 5.92. The first-order valence-corrected chi connectivity index (χ1v) is 9.29. The zero-order valence-electron chi connectivity index (χ0n) is 14.6. The molecule has 0 bridgehead atoms. The van der Waals surface area contributed by atoms with Crippen LogP contribution < -0.4 is 5.32 Å². The van der Waals surface area contributed by atoms with E-state index >= 15 is 0 Å². The lowest BCUT2D eigenvalue weighted by Gasteiger charge is -2.13. The van der Waals surface area contributed by atoms with Crippen molar-refractivity contribution in [1.29, 1.82) is 0 Å². The predicted octanol–water partition coefficient (Wildman–Crippen LogP) is 4.05. The van der Waals surface area contributed by atoms with Crippen LogP contribution in [0.25, 0.3) is 5.69 Å². The molecule has 6 nitrogen and oxygen atoms in total. The lowest BCUT2D eigenvalue weighted by Crippen LogP contribution is -2.23. The number of hydrogen-bond donors (Lipinski definition) is 1. The molecule has 0 aliphatic carbocycles. The van der Waals surface area contributed by atoms with Crippen LogP contribution in [0.1, 0.15) is 18.1 Å². The van der Waals surface area contributed by atoms with Crippen molar-refractivity contribution in [3.8, 4) is 5.69 Å². The third-order valence-electron chi connectivity index (χ3n) is 3.76. The van der Waals surface area contributed by atoms with Crippen molar-refractivity contribution in [2.24, 2.45) is 0 Å². The van der Waals surface area contributed by atoms with Crippen molar-refractivity contribution in [1.82, 2.24) is 20.2 Å². The van der Waals surface area contributed by atoms with Crippen molar-refractivity contribution < 1.29 is 4.79 Å². The van der Waals surface area contributed by atoms with Gasteiger partial charge in [0.15, 0.2) is 0 Å². The minimum absolute atomic E-state index is 0.146. The fourth-order valence-corrected chi connectivity index (χ4v) is 3.46. The molecule has 0 saturated carbocycles. The van der Waals surface area contributed by atoms with E-state index < -0.39 is 0 Å². The first-order chi connectivity index (χ1) is 12.4. The highest BCUT2D eigenvalue weighted by atomic mass is 35.5. The molecular formula is C18H18ClN5OS. The van der Waals surface area contributed by atoms with E-state index in [0.717, 1.165) is 11.3 Å². The van der Waals surface area contributed by atoms with E-state index in [2.05, 4.69) is 26.9 Å². The summed E-state index contributed by atoms with van der Waals surface area (Å²) in [7, 11) is 0. The molecule has 1 aromatic heterocycles. The van der Waals surface area contributed by atoms with E-state index in [0.29, 0.717) is 15.9 Å². The van der Waals surface area contributed by atoms with Crippen molar-refractivity contribution in [2.75, 3.05) is 5.32 Å². The summed E-state index contributed by atoms with van der Waals surface area (Å²) in [6.45, 7) is 5.85. The average Bonchev–Trinajstić information content (AvgIpc) is 3.02. The van der Waals surface area contributed by atoms with Gasteiger partial charge in [0.25, 0.3) is 0 Å². The number of anilines is 1. The number of hydrogen-bond acceptors (Lipinski definition) is 5. The highest BCUT2D eigenvalue weighted by molar-refractivity contribution is 8.00. The summed E-state index contributed by atoms with van der Waals surface area (Å²) in [6, 6.07) is 13.1. The summed E-state index contributed by atoms with van der Waals surface area (Å²) in [6.07, 6.45) is 0. The summed E-state index contributed by atoms with van der Waals surface area (Å²) >= 11 is 7.25. The quantitative estimate of drug-likeness (QED) is 0.668. The lowest BCUT2D eigenvalue weighted by atomic mass is 10.1. The summed E-state index contributed by atoms with van der Waals surface area (Å²) in [5.41, 5.74) is 3.78. The van der Waals surface area contributed by atoms with Gasteiger partial charge in [-0.25, -0.2) is 0 Å². The number of nitrogens with zero attached hydrogens (tertiary/aromatic N) is 4. The topological polar surface area (TPSA) is 72.7 Å². The summed E-state index contributed by atoms with van der Waals surface area (Å²) in [4.78, 5) is 12.5. The van der Waals surface area contributed by atoms with E-state index in [1.54, 1.807) is 28.9 Å². The van der Waals surface area contributed by atoms with Crippen LogP contribution in [0.3, 0.4) is 0 Å². The molecule has 1 heterocycles. The molecule has 134 valence electrons. The van der Waals surface area contributed by atoms with Crippen molar-refractivity contribution in [3.05, 3.63) is 58.6 Å². The van der Waals surface area contributed by atoms with Gasteiger partial charge in [-0.2, -0.15) is 4.68 Å². The Bertz CT molecular complexity index is 943. The molecule has 0 saturated heterocycles. The number of aromatic nitrogens is 4. The van der Waals surface area contributed by atoms with Gasteiger partial charge in [0.1, 0.15) is 0 Å². The zero-order valence-corrected chi connectivity index (χ0v) is 16.2. The number of amides is 1. The molecule has 0 spiro atoms. The Labute approximate surface area is 160 Å². The van der Waals surface area contributed by atoms with Gasteiger partial charge < -0.3 is 5.32 Å². The van der Waals surface area contributed by atoms with Gasteiger partial charge in [-0.15, -0.1) is 5.10 Å². The molecule has 1 amide bonds. The Kier molecular flexibility index (Phi) is 5.58. The Balaban J connectivity index is 1.75. The number of carbonyl (C=O) groups excluding carboxylic acids is 1. The number of benzene rings is 2. The number of halogens is 1. The summed E-state index contributed by atoms with van der Waals surface area (Å²) in [5, 5.41) is 15.5. The maximum atomic E-state index is 12.5. The van der Waals surface area contributed by atoms with Gasteiger partial charge in [-0.05, 0) is 61.0 Å². The number of tetrazole rings is 1. The van der Waals surface area contributed by atoms with Crippen LogP contribution in [0.15, 0.2) is 47.6 Å². The van der Waals surface area contributed by atoms with E-state index in [1.807, 2.05) is 32.9 Å². The Hall–Kier alpha value is -2.38. The van der Waals surface area contributed by atoms with E-state index in [-0.39, 0.29) is 11.2 Å². The predicted molar refractivity (Wildman–Crippen MR) is 104 cm³/mol. The van der Waals surface area contributed by atoms with Gasteiger partial charge in [-0.3, -0.25) is 4.79 Å². The van der Waals surface area contributed by atoms with Crippen LogP contribution in [0.5, 0.6) is 0 Å². The van der Waals surface area contributed by atoms with Crippen molar-refractivity contribution in [2.45, 2.75) is 31.2 Å². The lowest BCUT2D eigenvalue weighted by molar-refractivity contribution is -0.115. The third-order valence-corrected chi connectivity index (χ3v) is 5.03. The van der Waals surface area contributed by atoms with Crippen LogP contribution in [0.4, 0.5) is 5.69 Å². The monoisotopic (exact) mass is 387 g/mol. The van der Waals surface area contributed by atoms with Gasteiger partial charge in [-0.1, -0.05) is 47.1 Å². The van der Waals surface area contributed by atoms with E-state index in [1.165, 1.54) is 17.3 Å². The fraction of sp³-hybridized carbons (Fsp3) is 0.222. The zero-order chi connectivity index (χ0) is 18.7. The van der Waals surface area contributed by atoms with Gasteiger partial charge in [0, 0.05) is 10.7 Å². The molecule has 1 N–H and O–H groups in total. The molecule has 3 rings (SSSR count). The van der Waals surface area contributed by atoms with Crippen molar-refractivity contribution >= 4 is 35.0 Å². The first kappa shape index (κ1) is 18.4.